The maximum atomic E-state index is 13.4. The molecule has 4 nitrogen and oxygen atoms in total. The maximum absolute atomic E-state index is 13.4. The fourth-order valence-corrected chi connectivity index (χ4v) is 2.09. The third kappa shape index (κ3) is 5.02. The number of nitrogens with one attached hydrogen (secondary N) is 1. The van der Waals surface area contributed by atoms with Gasteiger partial charge in [-0.1, -0.05) is 13.3 Å². The number of nitrogens with zero attached hydrogens (tertiary/aromatic N) is 2. The van der Waals surface area contributed by atoms with E-state index in [1.54, 1.807) is 0 Å². The van der Waals surface area contributed by atoms with Gasteiger partial charge < -0.3 is 10.1 Å². The molecule has 8 heteroatoms. The molecular weight excluding hydrogens is 326 g/mol. The Hall–Kier alpha value is -1.96. The summed E-state index contributed by atoms with van der Waals surface area (Å²) in [6.07, 6.45) is -2.05. The Kier molecular flexibility index (Phi) is 6.30. The van der Waals surface area contributed by atoms with E-state index in [4.69, 9.17) is 4.74 Å². The van der Waals surface area contributed by atoms with Gasteiger partial charge >= 0.3 is 6.18 Å². The Labute approximate surface area is 137 Å². The average Bonchev–Trinajstić information content (AvgIpc) is 2.53. The SMILES string of the molecule is CCCCOCCCNc1nc(C(F)(F)F)nc2ccc(F)cc12. The Morgan fingerprint density at radius 2 is 1.88 bits per heavy atom. The van der Waals surface area contributed by atoms with Gasteiger partial charge in [-0.3, -0.25) is 0 Å². The molecule has 0 spiro atoms. The van der Waals surface area contributed by atoms with Crippen LogP contribution in [0.1, 0.15) is 32.0 Å². The monoisotopic (exact) mass is 345 g/mol. The van der Waals surface area contributed by atoms with Gasteiger partial charge in [-0.25, -0.2) is 14.4 Å². The highest BCUT2D eigenvalue weighted by Crippen LogP contribution is 2.30. The predicted molar refractivity (Wildman–Crippen MR) is 83.3 cm³/mol. The second-order valence-corrected chi connectivity index (χ2v) is 5.30. The summed E-state index contributed by atoms with van der Waals surface area (Å²) in [7, 11) is 0. The second-order valence-electron chi connectivity index (χ2n) is 5.30. The third-order valence-electron chi connectivity index (χ3n) is 3.31. The van der Waals surface area contributed by atoms with Crippen LogP contribution in [0.25, 0.3) is 10.9 Å². The molecule has 1 aromatic heterocycles. The summed E-state index contributed by atoms with van der Waals surface area (Å²) in [5.74, 6) is -1.83. The number of rotatable bonds is 8. The van der Waals surface area contributed by atoms with E-state index < -0.39 is 17.8 Å². The first kappa shape index (κ1) is 18.4. The molecule has 0 unspecified atom stereocenters. The molecule has 0 aliphatic carbocycles. The average molecular weight is 345 g/mol. The topological polar surface area (TPSA) is 47.0 Å². The highest BCUT2D eigenvalue weighted by Gasteiger charge is 2.35. The molecule has 0 aliphatic heterocycles. The minimum absolute atomic E-state index is 0.0274. The highest BCUT2D eigenvalue weighted by molar-refractivity contribution is 5.89. The van der Waals surface area contributed by atoms with Crippen LogP contribution in [0.15, 0.2) is 18.2 Å². The van der Waals surface area contributed by atoms with Gasteiger partial charge in [-0.2, -0.15) is 13.2 Å². The van der Waals surface area contributed by atoms with Crippen molar-refractivity contribution in [1.29, 1.82) is 0 Å². The predicted octanol–water partition coefficient (Wildman–Crippen LogP) is 4.41. The molecule has 0 saturated carbocycles. The molecule has 0 atom stereocenters. The summed E-state index contributed by atoms with van der Waals surface area (Å²) in [5, 5.41) is 3.04. The molecule has 0 bridgehead atoms. The van der Waals surface area contributed by atoms with Crippen molar-refractivity contribution in [3.05, 3.63) is 29.8 Å². The van der Waals surface area contributed by atoms with E-state index in [2.05, 4.69) is 22.2 Å². The van der Waals surface area contributed by atoms with Gasteiger partial charge in [0.1, 0.15) is 11.6 Å². The molecule has 1 N–H and O–H groups in total. The summed E-state index contributed by atoms with van der Waals surface area (Å²) < 4.78 is 57.4. The first-order valence-electron chi connectivity index (χ1n) is 7.78. The van der Waals surface area contributed by atoms with Gasteiger partial charge in [0.15, 0.2) is 0 Å². The first-order valence-corrected chi connectivity index (χ1v) is 7.78. The molecule has 1 aromatic carbocycles. The van der Waals surface area contributed by atoms with Crippen molar-refractivity contribution >= 4 is 16.7 Å². The number of aromatic nitrogens is 2. The van der Waals surface area contributed by atoms with Crippen molar-refractivity contribution in [2.45, 2.75) is 32.4 Å². The lowest BCUT2D eigenvalue weighted by Crippen LogP contribution is -2.15. The molecule has 2 aromatic rings. The lowest BCUT2D eigenvalue weighted by molar-refractivity contribution is -0.144. The number of anilines is 1. The van der Waals surface area contributed by atoms with Gasteiger partial charge in [0.05, 0.1) is 5.52 Å². The van der Waals surface area contributed by atoms with E-state index in [1.807, 2.05) is 0 Å². The van der Waals surface area contributed by atoms with Crippen LogP contribution in [0.3, 0.4) is 0 Å². The molecule has 1 heterocycles. The molecule has 132 valence electrons. The minimum Gasteiger partial charge on any atom is -0.381 e. The molecular formula is C16H19F4N3O. The van der Waals surface area contributed by atoms with Crippen LogP contribution >= 0.6 is 0 Å². The fraction of sp³-hybridized carbons (Fsp3) is 0.500. The maximum Gasteiger partial charge on any atom is 0.451 e. The first-order chi connectivity index (χ1) is 11.4. The molecule has 0 fully saturated rings. The molecule has 0 radical (unpaired) electrons. The van der Waals surface area contributed by atoms with Crippen LogP contribution in [0.5, 0.6) is 0 Å². The fourth-order valence-electron chi connectivity index (χ4n) is 2.09. The number of unbranched alkanes of at least 4 members (excludes halogenated alkanes) is 1. The van der Waals surface area contributed by atoms with Crippen LogP contribution in [0.2, 0.25) is 0 Å². The lowest BCUT2D eigenvalue weighted by Gasteiger charge is -2.12. The van der Waals surface area contributed by atoms with Crippen molar-refractivity contribution in [3.63, 3.8) is 0 Å². The number of hydrogen-bond acceptors (Lipinski definition) is 4. The van der Waals surface area contributed by atoms with Crippen molar-refractivity contribution in [3.8, 4) is 0 Å². The van der Waals surface area contributed by atoms with Gasteiger partial charge in [-0.15, -0.1) is 0 Å². The number of halogens is 4. The van der Waals surface area contributed by atoms with E-state index in [0.717, 1.165) is 25.0 Å². The second kappa shape index (κ2) is 8.23. The van der Waals surface area contributed by atoms with E-state index in [9.17, 15) is 17.6 Å². The number of hydrogen-bond donors (Lipinski definition) is 1. The van der Waals surface area contributed by atoms with Gasteiger partial charge in [-0.05, 0) is 31.0 Å². The largest absolute Gasteiger partial charge is 0.451 e. The Morgan fingerprint density at radius 3 is 2.58 bits per heavy atom. The zero-order chi connectivity index (χ0) is 17.6. The summed E-state index contributed by atoms with van der Waals surface area (Å²) in [4.78, 5) is 6.96. The zero-order valence-electron chi connectivity index (χ0n) is 13.3. The molecule has 0 aliphatic rings. The van der Waals surface area contributed by atoms with Crippen LogP contribution in [-0.4, -0.2) is 29.7 Å². The molecule has 24 heavy (non-hydrogen) atoms. The number of alkyl halides is 3. The Bertz CT molecular complexity index is 676. The zero-order valence-corrected chi connectivity index (χ0v) is 13.3. The van der Waals surface area contributed by atoms with E-state index in [0.29, 0.717) is 26.2 Å². The Morgan fingerprint density at radius 1 is 1.12 bits per heavy atom. The van der Waals surface area contributed by atoms with Crippen LogP contribution in [0.4, 0.5) is 23.4 Å². The van der Waals surface area contributed by atoms with Crippen LogP contribution in [0, 0.1) is 5.82 Å². The third-order valence-corrected chi connectivity index (χ3v) is 3.31. The summed E-state index contributed by atoms with van der Waals surface area (Å²) >= 11 is 0. The van der Waals surface area contributed by atoms with Crippen molar-refractivity contribution in [2.24, 2.45) is 0 Å². The molecule has 2 rings (SSSR count). The summed E-state index contributed by atoms with van der Waals surface area (Å²) in [6, 6.07) is 3.40. The van der Waals surface area contributed by atoms with Crippen LogP contribution in [-0.2, 0) is 10.9 Å². The quantitative estimate of drug-likeness (QED) is 0.569. The molecule has 0 amide bonds. The number of ether oxygens (including phenoxy) is 1. The molecule has 0 saturated heterocycles. The normalized spacial score (nSPS) is 11.9. The van der Waals surface area contributed by atoms with Gasteiger partial charge in [0.25, 0.3) is 0 Å². The van der Waals surface area contributed by atoms with Crippen molar-refractivity contribution in [2.75, 3.05) is 25.1 Å². The van der Waals surface area contributed by atoms with Crippen LogP contribution < -0.4 is 5.32 Å². The van der Waals surface area contributed by atoms with E-state index in [1.165, 1.54) is 6.07 Å². The van der Waals surface area contributed by atoms with Crippen molar-refractivity contribution < 1.29 is 22.3 Å². The van der Waals surface area contributed by atoms with E-state index >= 15 is 0 Å². The summed E-state index contributed by atoms with van der Waals surface area (Å²) in [5.41, 5.74) is 0.0421. The Balaban J connectivity index is 2.10. The standard InChI is InChI=1S/C16H19F4N3O/c1-2-3-8-24-9-4-7-21-14-12-10-11(17)5-6-13(12)22-15(23-14)16(18,19)20/h5-6,10H,2-4,7-9H2,1H3,(H,21,22,23). The van der Waals surface area contributed by atoms with E-state index in [-0.39, 0.29) is 16.7 Å². The van der Waals surface area contributed by atoms with Crippen molar-refractivity contribution in [1.82, 2.24) is 9.97 Å². The highest BCUT2D eigenvalue weighted by atomic mass is 19.4. The van der Waals surface area contributed by atoms with Gasteiger partial charge in [0.2, 0.25) is 5.82 Å². The number of benzene rings is 1. The number of fused-ring (bicyclic) bond motifs is 1. The smallest absolute Gasteiger partial charge is 0.381 e. The summed E-state index contributed by atoms with van der Waals surface area (Å²) in [6.45, 7) is 3.58. The lowest BCUT2D eigenvalue weighted by atomic mass is 10.2. The minimum atomic E-state index is -4.66. The van der Waals surface area contributed by atoms with Gasteiger partial charge in [0, 0.05) is 25.1 Å².